The molecule has 11 aromatic carbocycles. The van der Waals surface area contributed by atoms with Crippen LogP contribution < -0.4 is 0 Å². The smallest absolute Gasteiger partial charge is 0.166 e. The van der Waals surface area contributed by atoms with E-state index in [9.17, 15) is 0 Å². The van der Waals surface area contributed by atoms with E-state index in [0.29, 0.717) is 61.7 Å². The lowest BCUT2D eigenvalue weighted by Gasteiger charge is -2.33. The predicted molar refractivity (Wildman–Crippen MR) is 312 cm³/mol. The second kappa shape index (κ2) is 17.3. The molecule has 1 aliphatic rings. The van der Waals surface area contributed by atoms with Crippen LogP contribution in [0.3, 0.4) is 0 Å². The minimum atomic E-state index is -0.695. The second-order valence-corrected chi connectivity index (χ2v) is 19.7. The number of rotatable bonds is 8. The van der Waals surface area contributed by atoms with Crippen LogP contribution in [0.2, 0.25) is 0 Å². The summed E-state index contributed by atoms with van der Waals surface area (Å²) >= 11 is 1.69. The molecule has 1 aliphatic carbocycles. The number of aromatic nitrogens is 4. The van der Waals surface area contributed by atoms with E-state index in [0.717, 1.165) is 64.7 Å². The van der Waals surface area contributed by atoms with Gasteiger partial charge in [-0.3, -0.25) is 0 Å². The van der Waals surface area contributed by atoms with Crippen molar-refractivity contribution in [1.29, 1.82) is 0 Å². The highest BCUT2D eigenvalue weighted by atomic mass is 32.1. The number of thiophene rings is 1. The normalized spacial score (nSPS) is 14.5. The maximum Gasteiger partial charge on any atom is 0.166 e. The van der Waals surface area contributed by atoms with Gasteiger partial charge in [-0.2, -0.15) is 0 Å². The number of para-hydroxylation sites is 1. The van der Waals surface area contributed by atoms with E-state index in [4.69, 9.17) is 28.7 Å². The fraction of sp³-hybridized carbons (Fsp3) is 0.0143. The Morgan fingerprint density at radius 2 is 0.867 bits per heavy atom. The molecule has 0 unspecified atom stereocenters. The molecular weight excluding hydrogens is 929 g/mol. The second-order valence-electron chi connectivity index (χ2n) is 18.7. The van der Waals surface area contributed by atoms with Crippen LogP contribution in [-0.2, 0) is 5.41 Å². The average Bonchev–Trinajstić information content (AvgIpc) is 1.59. The molecule has 4 nitrogen and oxygen atoms in total. The summed E-state index contributed by atoms with van der Waals surface area (Å²) in [5.74, 6) is 1.32. The lowest BCUT2D eigenvalue weighted by molar-refractivity contribution is 0.768. The molecule has 3 heterocycles. The quantitative estimate of drug-likeness (QED) is 0.152. The van der Waals surface area contributed by atoms with E-state index >= 15 is 0 Å². The number of hydrogen-bond acceptors (Lipinski definition) is 4. The highest BCUT2D eigenvalue weighted by molar-refractivity contribution is 7.26. The molecule has 75 heavy (non-hydrogen) atoms. The first-order valence-electron chi connectivity index (χ1n) is 29.7. The maximum absolute atomic E-state index is 8.98. The van der Waals surface area contributed by atoms with Crippen LogP contribution in [0.4, 0.5) is 0 Å². The van der Waals surface area contributed by atoms with Gasteiger partial charge in [-0.25, -0.2) is 15.0 Å². The molecule has 0 N–H and O–H groups in total. The van der Waals surface area contributed by atoms with E-state index in [1.807, 2.05) is 60.7 Å². The van der Waals surface area contributed by atoms with Crippen LogP contribution in [0.5, 0.6) is 0 Å². The van der Waals surface area contributed by atoms with Crippen molar-refractivity contribution in [2.45, 2.75) is 5.41 Å². The molecule has 0 spiro atoms. The third kappa shape index (κ3) is 6.72. The molecule has 3 aromatic heterocycles. The molecule has 0 atom stereocenters. The monoisotopic (exact) mass is 982 g/mol. The fourth-order valence-electron chi connectivity index (χ4n) is 11.6. The molecule has 15 rings (SSSR count). The molecule has 0 radical (unpaired) electrons. The summed E-state index contributed by atoms with van der Waals surface area (Å²) < 4.78 is 91.1. The van der Waals surface area contributed by atoms with Gasteiger partial charge >= 0.3 is 0 Å². The van der Waals surface area contributed by atoms with Crippen LogP contribution in [0, 0.1) is 0 Å². The minimum absolute atomic E-state index is 0.0228. The molecule has 0 saturated heterocycles. The Morgan fingerprint density at radius 1 is 0.373 bits per heavy atom. The van der Waals surface area contributed by atoms with Crippen LogP contribution in [0.15, 0.2) is 267 Å². The zero-order chi connectivity index (χ0) is 58.2. The zero-order valence-corrected chi connectivity index (χ0v) is 40.6. The maximum atomic E-state index is 8.98. The first kappa shape index (κ1) is 34.0. The lowest BCUT2D eigenvalue weighted by Crippen LogP contribution is -2.28. The molecule has 0 aliphatic heterocycles. The summed E-state index contributed by atoms with van der Waals surface area (Å²) in [6.07, 6.45) is 0. The van der Waals surface area contributed by atoms with E-state index in [2.05, 4.69) is 126 Å². The van der Waals surface area contributed by atoms with E-state index in [-0.39, 0.29) is 35.3 Å². The Balaban J connectivity index is 1.01. The van der Waals surface area contributed by atoms with Gasteiger partial charge in [0.1, 0.15) is 0 Å². The standard InChI is InChI=1S/C70H44N4S/c1-5-21-45(22-6-1)47-39-41-62-57(43-47)58-44-48(46-23-7-2-8-24-46)40-42-63(58)74(62)61-37-17-14-31-54(61)67-71-68(73-69(72-67)56-34-19-32-52-51-29-15-18-38-64(51)75-66(52)56)55-33-20-36-60-65(55)53-30-13-16-35-59(53)70(60,49-25-9-3-10-26-49)50-27-11-4-12-28-50/h1-44H/i1D,2D,5D,6D,7D,8D,21D,22D,23D,24D. The van der Waals surface area contributed by atoms with Gasteiger partial charge in [0.15, 0.2) is 17.5 Å². The number of nitrogens with zero attached hydrogens (tertiary/aromatic N) is 4. The van der Waals surface area contributed by atoms with Gasteiger partial charge in [0, 0.05) is 47.6 Å². The zero-order valence-electron chi connectivity index (χ0n) is 49.8. The lowest BCUT2D eigenvalue weighted by atomic mass is 9.67. The van der Waals surface area contributed by atoms with Crippen molar-refractivity contribution in [3.05, 3.63) is 289 Å². The van der Waals surface area contributed by atoms with Crippen molar-refractivity contribution in [3.63, 3.8) is 0 Å². The van der Waals surface area contributed by atoms with Crippen LogP contribution in [-0.4, -0.2) is 19.5 Å². The molecule has 0 fully saturated rings. The molecule has 5 heteroatoms. The SMILES string of the molecule is [2H]c1c([2H])c([2H])c(-c2ccc3c(c2)c2cc(-c4c([2H])c([2H])c([2H])c([2H])c4[2H])ccc2n3-c2ccccc2-c2nc(-c3cccc4c3-c3ccccc3C4(c3ccccc3)c3ccccc3)nc(-c3cccc4c3sc3ccccc34)n2)c([2H])c1[2H]. The molecule has 14 aromatic rings. The molecule has 0 bridgehead atoms. The largest absolute Gasteiger partial charge is 0.309 e. The Kier molecular flexibility index (Phi) is 7.84. The Hall–Kier alpha value is -9.55. The highest BCUT2D eigenvalue weighted by Gasteiger charge is 2.47. The molecular formula is C70H44N4S. The average molecular weight is 983 g/mol. The molecule has 0 saturated carbocycles. The third-order valence-electron chi connectivity index (χ3n) is 14.7. The van der Waals surface area contributed by atoms with Gasteiger partial charge in [0.25, 0.3) is 0 Å². The topological polar surface area (TPSA) is 43.6 Å². The van der Waals surface area contributed by atoms with Gasteiger partial charge in [0.05, 0.1) is 35.8 Å². The first-order valence-corrected chi connectivity index (χ1v) is 25.5. The Morgan fingerprint density at radius 3 is 1.53 bits per heavy atom. The van der Waals surface area contributed by atoms with E-state index in [1.54, 1.807) is 35.6 Å². The molecule has 0 amide bonds. The van der Waals surface area contributed by atoms with Crippen molar-refractivity contribution < 1.29 is 13.7 Å². The summed E-state index contributed by atoms with van der Waals surface area (Å²) in [5.41, 5.74) is 11.0. The minimum Gasteiger partial charge on any atom is -0.309 e. The summed E-state index contributed by atoms with van der Waals surface area (Å²) in [5, 5.41) is 3.44. The van der Waals surface area contributed by atoms with Gasteiger partial charge < -0.3 is 4.57 Å². The summed E-state index contributed by atoms with van der Waals surface area (Å²) in [7, 11) is 0. The number of benzene rings is 11. The van der Waals surface area contributed by atoms with Gasteiger partial charge in [-0.15, -0.1) is 11.3 Å². The van der Waals surface area contributed by atoms with E-state index < -0.39 is 41.7 Å². The Labute approximate surface area is 452 Å². The van der Waals surface area contributed by atoms with Crippen LogP contribution in [0.25, 0.3) is 115 Å². The van der Waals surface area contributed by atoms with Gasteiger partial charge in [-0.1, -0.05) is 218 Å². The highest BCUT2D eigenvalue weighted by Crippen LogP contribution is 2.58. The van der Waals surface area contributed by atoms with Crippen molar-refractivity contribution in [1.82, 2.24) is 19.5 Å². The predicted octanol–water partition coefficient (Wildman–Crippen LogP) is 18.0. The van der Waals surface area contributed by atoms with Gasteiger partial charge in [0.2, 0.25) is 0 Å². The fourth-order valence-corrected chi connectivity index (χ4v) is 12.8. The summed E-state index contributed by atoms with van der Waals surface area (Å²) in [6, 6.07) is 65.3. The van der Waals surface area contributed by atoms with Crippen molar-refractivity contribution in [2.75, 3.05) is 0 Å². The van der Waals surface area contributed by atoms with Gasteiger partial charge in [-0.05, 0) is 104 Å². The number of fused-ring (bicyclic) bond motifs is 9. The van der Waals surface area contributed by atoms with E-state index in [1.165, 1.54) is 0 Å². The first-order chi connectivity index (χ1) is 41.3. The van der Waals surface area contributed by atoms with Crippen LogP contribution >= 0.6 is 11.3 Å². The van der Waals surface area contributed by atoms with Crippen molar-refractivity contribution >= 4 is 53.3 Å². The Bertz CT molecular complexity index is 4930. The van der Waals surface area contributed by atoms with Crippen LogP contribution in [0.1, 0.15) is 36.0 Å². The number of hydrogen-bond donors (Lipinski definition) is 0. The molecule has 350 valence electrons. The van der Waals surface area contributed by atoms with Crippen molar-refractivity contribution in [2.24, 2.45) is 0 Å². The van der Waals surface area contributed by atoms with Crippen molar-refractivity contribution in [3.8, 4) is 73.2 Å². The third-order valence-corrected chi connectivity index (χ3v) is 16.0. The summed E-state index contributed by atoms with van der Waals surface area (Å²) in [6.45, 7) is 0. The summed E-state index contributed by atoms with van der Waals surface area (Å²) in [4.78, 5) is 16.6.